The average molecular weight is 355 g/mol. The molecule has 1 atom stereocenters. The van der Waals surface area contributed by atoms with Crippen LogP contribution < -0.4 is 9.47 Å². The lowest BCUT2D eigenvalue weighted by Gasteiger charge is -2.08. The molecule has 0 aromatic heterocycles. The van der Waals surface area contributed by atoms with Crippen LogP contribution in [0.1, 0.15) is 5.56 Å². The minimum Gasteiger partial charge on any atom is -0.476 e. The normalized spacial score (nSPS) is 16.3. The number of aliphatic carboxylic acids is 1. The summed E-state index contributed by atoms with van der Waals surface area (Å²) in [4.78, 5) is 10.8. The maximum atomic E-state index is 12.7. The van der Waals surface area contributed by atoms with Crippen molar-refractivity contribution in [3.63, 3.8) is 0 Å². The molecule has 0 aliphatic carbocycles. The van der Waals surface area contributed by atoms with Gasteiger partial charge < -0.3 is 14.6 Å². The number of rotatable bonds is 3. The number of carbonyl (C=O) groups is 1. The molecule has 0 bridgehead atoms. The molecule has 8 heteroatoms. The highest BCUT2D eigenvalue weighted by Gasteiger charge is 2.33. The van der Waals surface area contributed by atoms with Crippen LogP contribution in [0.5, 0.6) is 11.5 Å². The molecular weight excluding hydrogens is 344 g/mol. The first-order chi connectivity index (χ1) is 10.8. The smallest absolute Gasteiger partial charge is 0.387 e. The Morgan fingerprint density at radius 3 is 2.26 bits per heavy atom. The number of halogens is 1. The molecule has 2 aromatic rings. The number of carboxylic acid groups (broad SMARTS) is 1. The van der Waals surface area contributed by atoms with Crippen molar-refractivity contribution in [1.82, 2.24) is 0 Å². The van der Waals surface area contributed by atoms with Crippen LogP contribution in [0.2, 0.25) is 5.02 Å². The zero-order valence-corrected chi connectivity index (χ0v) is 13.4. The van der Waals surface area contributed by atoms with E-state index < -0.39 is 22.1 Å². The zero-order valence-electron chi connectivity index (χ0n) is 11.8. The molecule has 1 aliphatic rings. The van der Waals surface area contributed by atoms with Crippen LogP contribution in [0.4, 0.5) is 0 Å². The lowest BCUT2D eigenvalue weighted by Crippen LogP contribution is -2.28. The predicted octanol–water partition coefficient (Wildman–Crippen LogP) is 2.66. The van der Waals surface area contributed by atoms with E-state index in [1.807, 2.05) is 6.92 Å². The van der Waals surface area contributed by atoms with E-state index in [9.17, 15) is 13.2 Å². The fourth-order valence-electron chi connectivity index (χ4n) is 2.11. The molecule has 120 valence electrons. The minimum atomic E-state index is -3.86. The maximum absolute atomic E-state index is 12.7. The van der Waals surface area contributed by atoms with Crippen LogP contribution in [0, 0.1) is 6.92 Å². The van der Waals surface area contributed by atoms with Crippen LogP contribution in [-0.2, 0) is 14.6 Å². The summed E-state index contributed by atoms with van der Waals surface area (Å²) < 4.78 is 35.5. The number of benzene rings is 2. The monoisotopic (exact) mass is 354 g/mol. The van der Waals surface area contributed by atoms with Gasteiger partial charge in [0.05, 0.1) is 14.8 Å². The van der Waals surface area contributed by atoms with E-state index >= 15 is 0 Å². The minimum absolute atomic E-state index is 0.0208. The van der Waals surface area contributed by atoms with Crippen LogP contribution in [-0.4, -0.2) is 25.8 Å². The molecule has 0 saturated heterocycles. The van der Waals surface area contributed by atoms with Gasteiger partial charge in [-0.2, -0.15) is 0 Å². The summed E-state index contributed by atoms with van der Waals surface area (Å²) in [6, 6.07) is 8.72. The van der Waals surface area contributed by atoms with Gasteiger partial charge in [-0.15, -0.1) is 0 Å². The highest BCUT2D eigenvalue weighted by Crippen LogP contribution is 2.41. The SMILES string of the molecule is Cc1ccc(S(=O)(=O)c2cc3c(cc2Cl)OC(C(=O)O)O3)cc1. The van der Waals surface area contributed by atoms with Gasteiger partial charge in [-0.25, -0.2) is 13.2 Å². The van der Waals surface area contributed by atoms with E-state index in [2.05, 4.69) is 0 Å². The Labute approximate surface area is 137 Å². The van der Waals surface area contributed by atoms with Crippen molar-refractivity contribution in [2.24, 2.45) is 0 Å². The van der Waals surface area contributed by atoms with Gasteiger partial charge in [-0.05, 0) is 19.1 Å². The third-order valence-corrected chi connectivity index (χ3v) is 5.52. The first-order valence-electron chi connectivity index (χ1n) is 6.50. The van der Waals surface area contributed by atoms with Crippen molar-refractivity contribution in [2.75, 3.05) is 0 Å². The number of ether oxygens (including phenoxy) is 2. The Morgan fingerprint density at radius 2 is 1.70 bits per heavy atom. The summed E-state index contributed by atoms with van der Waals surface area (Å²) in [5.41, 5.74) is 0.921. The van der Waals surface area contributed by atoms with E-state index in [1.165, 1.54) is 24.3 Å². The first kappa shape index (κ1) is 15.6. The van der Waals surface area contributed by atoms with Gasteiger partial charge in [0, 0.05) is 12.1 Å². The van der Waals surface area contributed by atoms with E-state index in [0.29, 0.717) is 0 Å². The Morgan fingerprint density at radius 1 is 1.13 bits per heavy atom. The van der Waals surface area contributed by atoms with Crippen molar-refractivity contribution in [3.05, 3.63) is 47.0 Å². The molecular formula is C15H11ClO6S. The Bertz CT molecular complexity index is 889. The Hall–Kier alpha value is -2.25. The Kier molecular flexibility index (Phi) is 3.69. The molecule has 0 amide bonds. The lowest BCUT2D eigenvalue weighted by molar-refractivity contribution is -0.154. The lowest BCUT2D eigenvalue weighted by atomic mass is 10.2. The van der Waals surface area contributed by atoms with Crippen molar-refractivity contribution in [1.29, 1.82) is 0 Å². The van der Waals surface area contributed by atoms with E-state index in [4.69, 9.17) is 26.2 Å². The van der Waals surface area contributed by atoms with Gasteiger partial charge in [-0.3, -0.25) is 0 Å². The van der Waals surface area contributed by atoms with Crippen LogP contribution in [0.3, 0.4) is 0 Å². The molecule has 1 aliphatic heterocycles. The van der Waals surface area contributed by atoms with Crippen molar-refractivity contribution in [2.45, 2.75) is 23.0 Å². The third kappa shape index (κ3) is 2.73. The fraction of sp³-hybridized carbons (Fsp3) is 0.133. The molecule has 0 fully saturated rings. The second-order valence-electron chi connectivity index (χ2n) is 4.95. The number of aryl methyl sites for hydroxylation is 1. The van der Waals surface area contributed by atoms with Crippen molar-refractivity contribution >= 4 is 27.4 Å². The molecule has 1 unspecified atom stereocenters. The van der Waals surface area contributed by atoms with Gasteiger partial charge in [0.25, 0.3) is 0 Å². The number of fused-ring (bicyclic) bond motifs is 1. The standard InChI is InChI=1S/C15H11ClO6S/c1-8-2-4-9(5-3-8)23(19,20)13-7-12-11(6-10(13)16)21-15(22-12)14(17)18/h2-7,15H,1H3,(H,17,18). The summed E-state index contributed by atoms with van der Waals surface area (Å²) in [7, 11) is -3.86. The largest absolute Gasteiger partial charge is 0.476 e. The van der Waals surface area contributed by atoms with E-state index in [-0.39, 0.29) is 26.3 Å². The van der Waals surface area contributed by atoms with Crippen LogP contribution in [0.25, 0.3) is 0 Å². The predicted molar refractivity (Wildman–Crippen MR) is 80.8 cm³/mol. The number of hydrogen-bond acceptors (Lipinski definition) is 5. The van der Waals surface area contributed by atoms with Gasteiger partial charge in [-0.1, -0.05) is 29.3 Å². The molecule has 1 heterocycles. The Balaban J connectivity index is 2.06. The van der Waals surface area contributed by atoms with Gasteiger partial charge in [0.2, 0.25) is 9.84 Å². The molecule has 3 rings (SSSR count). The fourth-order valence-corrected chi connectivity index (χ4v) is 3.89. The molecule has 0 spiro atoms. The average Bonchev–Trinajstić information content (AvgIpc) is 2.90. The van der Waals surface area contributed by atoms with Crippen LogP contribution in [0.15, 0.2) is 46.2 Å². The summed E-state index contributed by atoms with van der Waals surface area (Å²) in [6.45, 7) is 1.84. The molecule has 0 saturated carbocycles. The molecule has 23 heavy (non-hydrogen) atoms. The summed E-state index contributed by atoms with van der Waals surface area (Å²) in [5.74, 6) is -1.21. The van der Waals surface area contributed by atoms with Gasteiger partial charge in [0.15, 0.2) is 11.5 Å². The second kappa shape index (κ2) is 5.43. The summed E-state index contributed by atoms with van der Waals surface area (Å²) in [5, 5.41) is 8.82. The summed E-state index contributed by atoms with van der Waals surface area (Å²) >= 11 is 6.04. The van der Waals surface area contributed by atoms with Gasteiger partial charge >= 0.3 is 12.3 Å². The number of hydrogen-bond donors (Lipinski definition) is 1. The number of sulfone groups is 1. The van der Waals surface area contributed by atoms with Crippen LogP contribution >= 0.6 is 11.6 Å². The zero-order chi connectivity index (χ0) is 16.8. The van der Waals surface area contributed by atoms with E-state index in [0.717, 1.165) is 5.56 Å². The molecule has 1 N–H and O–H groups in total. The van der Waals surface area contributed by atoms with Gasteiger partial charge in [0.1, 0.15) is 0 Å². The molecule has 0 radical (unpaired) electrons. The summed E-state index contributed by atoms with van der Waals surface area (Å²) in [6.07, 6.45) is -1.52. The third-order valence-electron chi connectivity index (χ3n) is 3.29. The van der Waals surface area contributed by atoms with Crippen molar-refractivity contribution in [3.8, 4) is 11.5 Å². The first-order valence-corrected chi connectivity index (χ1v) is 8.36. The number of carboxylic acids is 1. The highest BCUT2D eigenvalue weighted by molar-refractivity contribution is 7.91. The van der Waals surface area contributed by atoms with Crippen molar-refractivity contribution < 1.29 is 27.8 Å². The van der Waals surface area contributed by atoms with E-state index in [1.54, 1.807) is 12.1 Å². The highest BCUT2D eigenvalue weighted by atomic mass is 35.5. The molecule has 2 aromatic carbocycles. The maximum Gasteiger partial charge on any atom is 0.387 e. The molecule has 6 nitrogen and oxygen atoms in total. The quantitative estimate of drug-likeness (QED) is 0.911. The topological polar surface area (TPSA) is 89.9 Å². The second-order valence-corrected chi connectivity index (χ2v) is 7.28.